The predicted molar refractivity (Wildman–Crippen MR) is 73.2 cm³/mol. The summed E-state index contributed by atoms with van der Waals surface area (Å²) in [4.78, 5) is 0.101. The fourth-order valence-electron chi connectivity index (χ4n) is 0.904. The molecular formula is C8H11BrN2O2S3. The van der Waals surface area contributed by atoms with Crippen LogP contribution in [0.25, 0.3) is 0 Å². The molecule has 0 unspecified atom stereocenters. The highest BCUT2D eigenvalue weighted by atomic mass is 79.9. The van der Waals surface area contributed by atoms with Crippen LogP contribution in [0.5, 0.6) is 0 Å². The lowest BCUT2D eigenvalue weighted by atomic mass is 10.1. The molecule has 4 nitrogen and oxygen atoms in total. The molecule has 1 aromatic heterocycles. The third-order valence-electron chi connectivity index (χ3n) is 1.83. The zero-order chi connectivity index (χ0) is 12.6. The summed E-state index contributed by atoms with van der Waals surface area (Å²) < 4.78 is 27.2. The Bertz CT molecular complexity index is 507. The zero-order valence-electron chi connectivity index (χ0n) is 8.65. The van der Waals surface area contributed by atoms with Gasteiger partial charge in [0.25, 0.3) is 10.0 Å². The Balaban J connectivity index is 3.07. The van der Waals surface area contributed by atoms with Gasteiger partial charge in [0.05, 0.1) is 10.5 Å². The van der Waals surface area contributed by atoms with Gasteiger partial charge in [0, 0.05) is 4.47 Å². The van der Waals surface area contributed by atoms with E-state index in [1.807, 2.05) is 0 Å². The maximum Gasteiger partial charge on any atom is 0.252 e. The lowest BCUT2D eigenvalue weighted by molar-refractivity contribution is 0.547. The normalized spacial score (nSPS) is 12.7. The molecule has 0 aromatic carbocycles. The van der Waals surface area contributed by atoms with Crippen LogP contribution in [-0.4, -0.2) is 18.9 Å². The van der Waals surface area contributed by atoms with E-state index < -0.39 is 15.6 Å². The Labute approximate surface area is 112 Å². The molecule has 1 aromatic rings. The van der Waals surface area contributed by atoms with Crippen LogP contribution in [-0.2, 0) is 10.0 Å². The first-order valence-electron chi connectivity index (χ1n) is 4.24. The van der Waals surface area contributed by atoms with Gasteiger partial charge < -0.3 is 5.73 Å². The van der Waals surface area contributed by atoms with Gasteiger partial charge in [0.2, 0.25) is 0 Å². The van der Waals surface area contributed by atoms with Gasteiger partial charge in [-0.1, -0.05) is 12.2 Å². The van der Waals surface area contributed by atoms with Crippen LogP contribution < -0.4 is 10.5 Å². The molecule has 0 aliphatic carbocycles. The van der Waals surface area contributed by atoms with Gasteiger partial charge in [0.1, 0.15) is 4.21 Å². The second kappa shape index (κ2) is 4.69. The van der Waals surface area contributed by atoms with Crippen molar-refractivity contribution in [3.8, 4) is 0 Å². The zero-order valence-corrected chi connectivity index (χ0v) is 12.7. The van der Waals surface area contributed by atoms with Crippen molar-refractivity contribution >= 4 is 54.5 Å². The molecule has 0 atom stereocenters. The van der Waals surface area contributed by atoms with E-state index in [-0.39, 0.29) is 9.20 Å². The number of sulfonamides is 1. The SMILES string of the molecule is CC(C)(NS(=O)(=O)c1sccc1Br)C(N)=S. The number of thiophene rings is 1. The molecule has 0 saturated heterocycles. The Hall–Kier alpha value is -0.0200. The predicted octanol–water partition coefficient (Wildman–Crippen LogP) is 1.85. The van der Waals surface area contributed by atoms with Crippen molar-refractivity contribution < 1.29 is 8.42 Å². The van der Waals surface area contributed by atoms with Gasteiger partial charge in [-0.2, -0.15) is 4.72 Å². The molecule has 1 heterocycles. The molecule has 3 N–H and O–H groups in total. The number of nitrogens with one attached hydrogen (secondary N) is 1. The first-order valence-corrected chi connectivity index (χ1v) is 7.80. The van der Waals surface area contributed by atoms with E-state index in [2.05, 4.69) is 20.7 Å². The van der Waals surface area contributed by atoms with Crippen molar-refractivity contribution in [2.75, 3.05) is 0 Å². The van der Waals surface area contributed by atoms with E-state index in [4.69, 9.17) is 18.0 Å². The van der Waals surface area contributed by atoms with Gasteiger partial charge in [-0.3, -0.25) is 0 Å². The summed E-state index contributed by atoms with van der Waals surface area (Å²) in [5, 5.41) is 1.69. The minimum Gasteiger partial charge on any atom is -0.392 e. The molecule has 0 spiro atoms. The molecule has 16 heavy (non-hydrogen) atoms. The van der Waals surface area contributed by atoms with Crippen molar-refractivity contribution in [3.05, 3.63) is 15.9 Å². The van der Waals surface area contributed by atoms with Gasteiger partial charge >= 0.3 is 0 Å². The van der Waals surface area contributed by atoms with E-state index in [9.17, 15) is 8.42 Å². The molecule has 8 heteroatoms. The van der Waals surface area contributed by atoms with E-state index >= 15 is 0 Å². The van der Waals surface area contributed by atoms with Crippen molar-refractivity contribution in [2.24, 2.45) is 5.73 Å². The Morgan fingerprint density at radius 2 is 2.19 bits per heavy atom. The van der Waals surface area contributed by atoms with Crippen LogP contribution >= 0.6 is 39.5 Å². The Morgan fingerprint density at radius 1 is 1.62 bits per heavy atom. The number of hydrogen-bond acceptors (Lipinski definition) is 4. The average molecular weight is 343 g/mol. The molecule has 90 valence electrons. The quantitative estimate of drug-likeness (QED) is 0.819. The molecule has 0 fully saturated rings. The monoisotopic (exact) mass is 342 g/mol. The number of nitrogens with two attached hydrogens (primary N) is 1. The van der Waals surface area contributed by atoms with Crippen LogP contribution in [0.2, 0.25) is 0 Å². The van der Waals surface area contributed by atoms with Crippen LogP contribution in [0.3, 0.4) is 0 Å². The Kier molecular flexibility index (Phi) is 4.12. The van der Waals surface area contributed by atoms with E-state index in [1.54, 1.807) is 25.3 Å². The van der Waals surface area contributed by atoms with Crippen molar-refractivity contribution in [2.45, 2.75) is 23.6 Å². The van der Waals surface area contributed by atoms with E-state index in [1.165, 1.54) is 0 Å². The fraction of sp³-hybridized carbons (Fsp3) is 0.375. The first kappa shape index (κ1) is 14.0. The minimum absolute atomic E-state index is 0.101. The second-order valence-corrected chi connectivity index (χ2v) is 7.74. The van der Waals surface area contributed by atoms with Crippen LogP contribution in [0.15, 0.2) is 20.1 Å². The molecule has 1 rings (SSSR count). The second-order valence-electron chi connectivity index (χ2n) is 3.65. The molecule has 0 aliphatic rings. The number of thiocarbonyl (C=S) groups is 1. The lowest BCUT2D eigenvalue weighted by Crippen LogP contribution is -2.51. The first-order chi connectivity index (χ1) is 7.17. The maximum absolute atomic E-state index is 12.0. The summed E-state index contributed by atoms with van der Waals surface area (Å²) in [6.07, 6.45) is 0. The van der Waals surface area contributed by atoms with Crippen LogP contribution in [0.1, 0.15) is 13.8 Å². The van der Waals surface area contributed by atoms with Crippen molar-refractivity contribution in [3.63, 3.8) is 0 Å². The maximum atomic E-state index is 12.0. The minimum atomic E-state index is -3.60. The summed E-state index contributed by atoms with van der Waals surface area (Å²) in [6.45, 7) is 3.24. The topological polar surface area (TPSA) is 72.2 Å². The summed E-state index contributed by atoms with van der Waals surface area (Å²) in [7, 11) is -3.60. The van der Waals surface area contributed by atoms with Gasteiger partial charge in [0.15, 0.2) is 0 Å². The molecule has 0 radical (unpaired) electrons. The highest BCUT2D eigenvalue weighted by Crippen LogP contribution is 2.28. The number of halogens is 1. The van der Waals surface area contributed by atoms with Crippen molar-refractivity contribution in [1.82, 2.24) is 4.72 Å². The molecule has 0 bridgehead atoms. The molecule has 0 aliphatic heterocycles. The average Bonchev–Trinajstić information content (AvgIpc) is 2.49. The van der Waals surface area contributed by atoms with E-state index in [0.29, 0.717) is 4.47 Å². The largest absolute Gasteiger partial charge is 0.392 e. The number of hydrogen-bond donors (Lipinski definition) is 2. The van der Waals surface area contributed by atoms with Crippen LogP contribution in [0.4, 0.5) is 0 Å². The number of rotatable bonds is 4. The standard InChI is InChI=1S/C8H11BrN2O2S3/c1-8(2,7(10)14)11-16(12,13)6-5(9)3-4-15-6/h3-4,11H,1-2H3,(H2,10,14). The van der Waals surface area contributed by atoms with Gasteiger partial charge in [-0.25, -0.2) is 8.42 Å². The van der Waals surface area contributed by atoms with Crippen LogP contribution in [0, 0.1) is 0 Å². The summed E-state index contributed by atoms with van der Waals surface area (Å²) in [5.74, 6) is 0. The summed E-state index contributed by atoms with van der Waals surface area (Å²) >= 11 is 9.11. The third-order valence-corrected chi connectivity index (χ3v) is 6.67. The summed E-state index contributed by atoms with van der Waals surface area (Å²) in [6, 6.07) is 1.67. The Morgan fingerprint density at radius 3 is 2.56 bits per heavy atom. The highest BCUT2D eigenvalue weighted by molar-refractivity contribution is 9.10. The third kappa shape index (κ3) is 3.01. The fourth-order valence-corrected chi connectivity index (χ4v) is 4.75. The molecule has 0 amide bonds. The highest BCUT2D eigenvalue weighted by Gasteiger charge is 2.30. The lowest BCUT2D eigenvalue weighted by Gasteiger charge is -2.24. The molecule has 0 saturated carbocycles. The molecular weight excluding hydrogens is 332 g/mol. The van der Waals surface area contributed by atoms with Gasteiger partial charge in [-0.15, -0.1) is 11.3 Å². The summed E-state index contributed by atoms with van der Waals surface area (Å²) in [5.41, 5.74) is 4.52. The van der Waals surface area contributed by atoms with E-state index in [0.717, 1.165) is 11.3 Å². The van der Waals surface area contributed by atoms with Crippen molar-refractivity contribution in [1.29, 1.82) is 0 Å². The van der Waals surface area contributed by atoms with Gasteiger partial charge in [-0.05, 0) is 41.2 Å². The smallest absolute Gasteiger partial charge is 0.252 e.